The third-order valence-electron chi connectivity index (χ3n) is 1.37. The second-order valence-corrected chi connectivity index (χ2v) is 3.00. The van der Waals surface area contributed by atoms with Crippen molar-refractivity contribution in [1.82, 2.24) is 0 Å². The fraction of sp³-hybridized carbons (Fsp3) is 0.636. The molecular formula is C11H18. The topological polar surface area (TPSA) is 0 Å². The second-order valence-electron chi connectivity index (χ2n) is 3.00. The van der Waals surface area contributed by atoms with E-state index in [0.29, 0.717) is 0 Å². The first-order valence-corrected chi connectivity index (χ1v) is 4.39. The minimum atomic E-state index is 1.05. The molecule has 0 aliphatic rings. The molecule has 0 aliphatic carbocycles. The molecule has 0 N–H and O–H groups in total. The van der Waals surface area contributed by atoms with Crippen LogP contribution in [0.15, 0.2) is 11.6 Å². The molecule has 0 aromatic carbocycles. The molecule has 0 aromatic heterocycles. The van der Waals surface area contributed by atoms with Crippen LogP contribution in [0, 0.1) is 11.8 Å². The van der Waals surface area contributed by atoms with E-state index in [9.17, 15) is 0 Å². The Morgan fingerprint density at radius 2 is 2.00 bits per heavy atom. The van der Waals surface area contributed by atoms with Crippen molar-refractivity contribution < 1.29 is 0 Å². The molecule has 11 heavy (non-hydrogen) atoms. The molecule has 0 spiro atoms. The van der Waals surface area contributed by atoms with Crippen LogP contribution in [0.5, 0.6) is 0 Å². The van der Waals surface area contributed by atoms with E-state index < -0.39 is 0 Å². The molecule has 0 saturated heterocycles. The minimum Gasteiger partial charge on any atom is -0.0985 e. The molecule has 0 heteroatoms. The van der Waals surface area contributed by atoms with Gasteiger partial charge in [-0.2, -0.15) is 0 Å². The Morgan fingerprint density at radius 3 is 2.55 bits per heavy atom. The molecule has 0 unspecified atom stereocenters. The van der Waals surface area contributed by atoms with E-state index in [1.54, 1.807) is 0 Å². The zero-order chi connectivity index (χ0) is 8.53. The average Bonchev–Trinajstić information content (AvgIpc) is 1.96. The first-order valence-electron chi connectivity index (χ1n) is 4.39. The summed E-state index contributed by atoms with van der Waals surface area (Å²) in [4.78, 5) is 0. The Balaban J connectivity index is 3.34. The van der Waals surface area contributed by atoms with Crippen LogP contribution >= 0.6 is 0 Å². The van der Waals surface area contributed by atoms with Crippen molar-refractivity contribution in [2.45, 2.75) is 46.5 Å². The molecule has 0 fully saturated rings. The van der Waals surface area contributed by atoms with E-state index in [0.717, 1.165) is 6.42 Å². The monoisotopic (exact) mass is 150 g/mol. The quantitative estimate of drug-likeness (QED) is 0.426. The fourth-order valence-electron chi connectivity index (χ4n) is 0.731. The molecule has 0 saturated carbocycles. The first kappa shape index (κ1) is 10.3. The van der Waals surface area contributed by atoms with Crippen molar-refractivity contribution in [2.75, 3.05) is 0 Å². The second kappa shape index (κ2) is 7.41. The SMILES string of the molecule is CCCCCC#CC=C(C)C. The van der Waals surface area contributed by atoms with Gasteiger partial charge in [-0.3, -0.25) is 0 Å². The lowest BCUT2D eigenvalue weighted by Gasteiger charge is -1.87. The summed E-state index contributed by atoms with van der Waals surface area (Å²) in [7, 11) is 0. The summed E-state index contributed by atoms with van der Waals surface area (Å²) in [5, 5.41) is 0. The molecule has 0 amide bonds. The Bertz CT molecular complexity index is 160. The van der Waals surface area contributed by atoms with Gasteiger partial charge in [0, 0.05) is 6.42 Å². The predicted octanol–water partition coefficient (Wildman–Crippen LogP) is 3.54. The van der Waals surface area contributed by atoms with Gasteiger partial charge in [0.25, 0.3) is 0 Å². The van der Waals surface area contributed by atoms with Crippen molar-refractivity contribution in [3.63, 3.8) is 0 Å². The van der Waals surface area contributed by atoms with Crippen LogP contribution in [0.4, 0.5) is 0 Å². The first-order chi connectivity index (χ1) is 5.27. The maximum Gasteiger partial charge on any atom is 0.00922 e. The Morgan fingerprint density at radius 1 is 1.27 bits per heavy atom. The molecule has 62 valence electrons. The summed E-state index contributed by atoms with van der Waals surface area (Å²) < 4.78 is 0. The summed E-state index contributed by atoms with van der Waals surface area (Å²) >= 11 is 0. The summed E-state index contributed by atoms with van der Waals surface area (Å²) in [6, 6.07) is 0. The highest BCUT2D eigenvalue weighted by atomic mass is 13.8. The minimum absolute atomic E-state index is 1.05. The van der Waals surface area contributed by atoms with E-state index in [1.807, 2.05) is 6.08 Å². The molecule has 0 atom stereocenters. The normalized spacial score (nSPS) is 8.27. The van der Waals surface area contributed by atoms with Gasteiger partial charge in [-0.05, 0) is 26.3 Å². The highest BCUT2D eigenvalue weighted by Gasteiger charge is 1.79. The number of unbranched alkanes of at least 4 members (excludes halogenated alkanes) is 3. The number of allylic oxidation sites excluding steroid dienone is 2. The van der Waals surface area contributed by atoms with Gasteiger partial charge in [0.2, 0.25) is 0 Å². The summed E-state index contributed by atoms with van der Waals surface area (Å²) in [5.41, 5.74) is 1.29. The van der Waals surface area contributed by atoms with E-state index in [2.05, 4.69) is 32.6 Å². The van der Waals surface area contributed by atoms with Crippen LogP contribution in [0.1, 0.15) is 46.5 Å². The van der Waals surface area contributed by atoms with Crippen LogP contribution in [-0.2, 0) is 0 Å². The van der Waals surface area contributed by atoms with Crippen molar-refractivity contribution in [2.24, 2.45) is 0 Å². The molecule has 0 rings (SSSR count). The van der Waals surface area contributed by atoms with Crippen molar-refractivity contribution in [3.8, 4) is 11.8 Å². The van der Waals surface area contributed by atoms with Crippen molar-refractivity contribution >= 4 is 0 Å². The molecule has 0 aliphatic heterocycles. The summed E-state index contributed by atoms with van der Waals surface area (Å²) in [6.07, 6.45) is 6.87. The van der Waals surface area contributed by atoms with Gasteiger partial charge in [-0.15, -0.1) is 0 Å². The third kappa shape index (κ3) is 9.30. The van der Waals surface area contributed by atoms with Gasteiger partial charge >= 0.3 is 0 Å². The molecule has 0 aromatic rings. The van der Waals surface area contributed by atoms with E-state index >= 15 is 0 Å². The molecule has 0 radical (unpaired) electrons. The van der Waals surface area contributed by atoms with Crippen LogP contribution in [0.2, 0.25) is 0 Å². The Labute approximate surface area is 70.7 Å². The average molecular weight is 150 g/mol. The van der Waals surface area contributed by atoms with Gasteiger partial charge in [0.15, 0.2) is 0 Å². The van der Waals surface area contributed by atoms with Gasteiger partial charge in [0.05, 0.1) is 0 Å². The van der Waals surface area contributed by atoms with Crippen molar-refractivity contribution in [1.29, 1.82) is 0 Å². The van der Waals surface area contributed by atoms with Crippen LogP contribution in [0.25, 0.3) is 0 Å². The molecule has 0 nitrogen and oxygen atoms in total. The van der Waals surface area contributed by atoms with Gasteiger partial charge in [-0.25, -0.2) is 0 Å². The maximum atomic E-state index is 3.13. The third-order valence-corrected chi connectivity index (χ3v) is 1.37. The van der Waals surface area contributed by atoms with Gasteiger partial charge < -0.3 is 0 Å². The largest absolute Gasteiger partial charge is 0.0985 e. The standard InChI is InChI=1S/C11H18/c1-4-5-6-7-8-9-10-11(2)3/h10H,4-7H2,1-3H3. The Hall–Kier alpha value is -0.700. The molecule has 0 bridgehead atoms. The van der Waals surface area contributed by atoms with Gasteiger partial charge in [0.1, 0.15) is 0 Å². The number of rotatable bonds is 3. The van der Waals surface area contributed by atoms with E-state index in [-0.39, 0.29) is 0 Å². The number of hydrogen-bond donors (Lipinski definition) is 0. The van der Waals surface area contributed by atoms with Crippen LogP contribution in [-0.4, -0.2) is 0 Å². The lowest BCUT2D eigenvalue weighted by Crippen LogP contribution is -1.70. The summed E-state index contributed by atoms with van der Waals surface area (Å²) in [6.45, 7) is 6.35. The smallest absolute Gasteiger partial charge is 0.00922 e. The van der Waals surface area contributed by atoms with Crippen LogP contribution in [0.3, 0.4) is 0 Å². The van der Waals surface area contributed by atoms with E-state index in [1.165, 1.54) is 24.8 Å². The zero-order valence-corrected chi connectivity index (χ0v) is 7.91. The highest BCUT2D eigenvalue weighted by molar-refractivity contribution is 5.18. The zero-order valence-electron chi connectivity index (χ0n) is 7.91. The Kier molecular flexibility index (Phi) is 6.94. The molecular weight excluding hydrogens is 132 g/mol. The van der Waals surface area contributed by atoms with Crippen molar-refractivity contribution in [3.05, 3.63) is 11.6 Å². The lowest BCUT2D eigenvalue weighted by molar-refractivity contribution is 0.737. The molecule has 0 heterocycles. The maximum absolute atomic E-state index is 3.13. The fourth-order valence-corrected chi connectivity index (χ4v) is 0.731. The highest BCUT2D eigenvalue weighted by Crippen LogP contribution is 1.96. The van der Waals surface area contributed by atoms with Gasteiger partial charge in [-0.1, -0.05) is 37.2 Å². The summed E-state index contributed by atoms with van der Waals surface area (Å²) in [5.74, 6) is 6.16. The van der Waals surface area contributed by atoms with E-state index in [4.69, 9.17) is 0 Å². The number of hydrogen-bond acceptors (Lipinski definition) is 0. The predicted molar refractivity (Wildman–Crippen MR) is 51.3 cm³/mol. The van der Waals surface area contributed by atoms with Crippen LogP contribution < -0.4 is 0 Å². The lowest BCUT2D eigenvalue weighted by atomic mass is 10.2.